The Kier molecular flexibility index (Phi) is 3.01. The molecule has 4 rings (SSSR count). The second kappa shape index (κ2) is 5.05. The van der Waals surface area contributed by atoms with Crippen LogP contribution in [0.15, 0.2) is 59.4 Å². The second-order valence-electron chi connectivity index (χ2n) is 5.57. The molecular weight excluding hydrogens is 293 g/mol. The Balaban J connectivity index is 2.03. The van der Waals surface area contributed by atoms with Gasteiger partial charge in [0, 0.05) is 11.8 Å². The third-order valence-electron chi connectivity index (χ3n) is 3.94. The Morgan fingerprint density at radius 1 is 1.04 bits per heavy atom. The predicted octanol–water partition coefficient (Wildman–Crippen LogP) is 3.15. The van der Waals surface area contributed by atoms with Crippen molar-refractivity contribution in [3.8, 4) is 0 Å². The van der Waals surface area contributed by atoms with Crippen molar-refractivity contribution in [2.45, 2.75) is 13.5 Å². The Hall–Kier alpha value is -2.95. The molecule has 0 aliphatic heterocycles. The molecule has 0 bridgehead atoms. The molecule has 0 aliphatic carbocycles. The quantitative estimate of drug-likeness (QED) is 0.571. The molecule has 0 N–H and O–H groups in total. The number of nitrogens with zero attached hydrogens (tertiary/aromatic N) is 3. The van der Waals surface area contributed by atoms with Crippen molar-refractivity contribution in [3.63, 3.8) is 0 Å². The van der Waals surface area contributed by atoms with Crippen LogP contribution in [0.3, 0.4) is 0 Å². The van der Waals surface area contributed by atoms with E-state index in [4.69, 9.17) is 0 Å². The molecule has 0 unspecified atom stereocenters. The lowest BCUT2D eigenvalue weighted by Gasteiger charge is -2.06. The zero-order valence-corrected chi connectivity index (χ0v) is 12.5. The molecule has 0 spiro atoms. The van der Waals surface area contributed by atoms with Crippen LogP contribution < -0.4 is 5.56 Å². The van der Waals surface area contributed by atoms with E-state index in [9.17, 15) is 9.18 Å². The number of imidazole rings is 1. The smallest absolute Gasteiger partial charge is 0.259 e. The molecule has 0 fully saturated rings. The first kappa shape index (κ1) is 13.7. The summed E-state index contributed by atoms with van der Waals surface area (Å²) in [6.45, 7) is 2.33. The molecule has 2 aromatic carbocycles. The molecule has 4 aromatic rings. The molecule has 0 amide bonds. The number of halogens is 1. The Morgan fingerprint density at radius 3 is 2.48 bits per heavy atom. The molecule has 0 atom stereocenters. The van der Waals surface area contributed by atoms with Gasteiger partial charge in [-0.15, -0.1) is 0 Å². The zero-order valence-electron chi connectivity index (χ0n) is 12.5. The van der Waals surface area contributed by atoms with Gasteiger partial charge in [0.05, 0.1) is 17.6 Å². The molecule has 0 aliphatic rings. The van der Waals surface area contributed by atoms with Crippen LogP contribution in [0.1, 0.15) is 11.3 Å². The number of fused-ring (bicyclic) bond motifs is 3. The van der Waals surface area contributed by atoms with Gasteiger partial charge in [-0.2, -0.15) is 0 Å². The number of rotatable bonds is 2. The first-order chi connectivity index (χ1) is 11.1. The molecule has 0 saturated carbocycles. The fraction of sp³-hybridized carbons (Fsp3) is 0.111. The average molecular weight is 307 g/mol. The minimum Gasteiger partial charge on any atom is -0.305 e. The average Bonchev–Trinajstić information content (AvgIpc) is 2.84. The fourth-order valence-corrected chi connectivity index (χ4v) is 2.91. The highest BCUT2D eigenvalue weighted by Crippen LogP contribution is 2.20. The third-order valence-corrected chi connectivity index (χ3v) is 3.94. The van der Waals surface area contributed by atoms with Crippen LogP contribution in [-0.2, 0) is 6.54 Å². The number of aryl methyl sites for hydroxylation is 1. The minimum atomic E-state index is -0.263. The monoisotopic (exact) mass is 307 g/mol. The van der Waals surface area contributed by atoms with Crippen molar-refractivity contribution in [3.05, 3.63) is 82.0 Å². The fourth-order valence-electron chi connectivity index (χ4n) is 2.91. The number of hydrogen-bond acceptors (Lipinski definition) is 2. The molecule has 5 heteroatoms. The van der Waals surface area contributed by atoms with Gasteiger partial charge < -0.3 is 4.57 Å². The Morgan fingerprint density at radius 2 is 1.74 bits per heavy atom. The van der Waals surface area contributed by atoms with Gasteiger partial charge in [0.2, 0.25) is 5.78 Å². The van der Waals surface area contributed by atoms with Crippen molar-refractivity contribution in [2.24, 2.45) is 0 Å². The molecule has 2 aromatic heterocycles. The highest BCUT2D eigenvalue weighted by molar-refractivity contribution is 5.80. The van der Waals surface area contributed by atoms with Gasteiger partial charge in [-0.1, -0.05) is 24.3 Å². The van der Waals surface area contributed by atoms with Gasteiger partial charge in [-0.25, -0.2) is 13.8 Å². The highest BCUT2D eigenvalue weighted by Gasteiger charge is 2.13. The van der Waals surface area contributed by atoms with E-state index in [1.165, 1.54) is 18.2 Å². The maximum Gasteiger partial charge on any atom is 0.259 e. The maximum absolute atomic E-state index is 13.1. The summed E-state index contributed by atoms with van der Waals surface area (Å²) in [5.74, 6) is 0.335. The first-order valence-corrected chi connectivity index (χ1v) is 7.35. The van der Waals surface area contributed by atoms with E-state index >= 15 is 0 Å². The second-order valence-corrected chi connectivity index (χ2v) is 5.57. The summed E-state index contributed by atoms with van der Waals surface area (Å²) in [5, 5.41) is 0. The van der Waals surface area contributed by atoms with Crippen molar-refractivity contribution >= 4 is 16.8 Å². The predicted molar refractivity (Wildman–Crippen MR) is 87.2 cm³/mol. The van der Waals surface area contributed by atoms with Crippen LogP contribution in [0.4, 0.5) is 4.39 Å². The maximum atomic E-state index is 13.1. The Bertz CT molecular complexity index is 1080. The largest absolute Gasteiger partial charge is 0.305 e. The van der Waals surface area contributed by atoms with Crippen LogP contribution in [-0.4, -0.2) is 14.0 Å². The Labute approximate surface area is 131 Å². The van der Waals surface area contributed by atoms with E-state index in [-0.39, 0.29) is 11.4 Å². The van der Waals surface area contributed by atoms with Crippen molar-refractivity contribution < 1.29 is 4.39 Å². The summed E-state index contributed by atoms with van der Waals surface area (Å²) in [5.41, 5.74) is 3.28. The summed E-state index contributed by atoms with van der Waals surface area (Å²) >= 11 is 0. The molecule has 4 nitrogen and oxygen atoms in total. The minimum absolute atomic E-state index is 0.0958. The van der Waals surface area contributed by atoms with E-state index < -0.39 is 0 Å². The first-order valence-electron chi connectivity index (χ1n) is 7.35. The van der Waals surface area contributed by atoms with Gasteiger partial charge in [-0.05, 0) is 36.8 Å². The molecule has 0 saturated heterocycles. The van der Waals surface area contributed by atoms with E-state index in [2.05, 4.69) is 4.98 Å². The van der Waals surface area contributed by atoms with Crippen LogP contribution in [0.25, 0.3) is 16.8 Å². The van der Waals surface area contributed by atoms with Gasteiger partial charge in [0.15, 0.2) is 0 Å². The molecule has 23 heavy (non-hydrogen) atoms. The summed E-state index contributed by atoms with van der Waals surface area (Å²) in [4.78, 5) is 16.9. The number of benzene rings is 2. The lowest BCUT2D eigenvalue weighted by molar-refractivity contribution is 0.626. The summed E-state index contributed by atoms with van der Waals surface area (Å²) in [7, 11) is 0. The van der Waals surface area contributed by atoms with Gasteiger partial charge in [0.1, 0.15) is 5.82 Å². The van der Waals surface area contributed by atoms with Gasteiger partial charge >= 0.3 is 0 Å². The molecule has 2 heterocycles. The van der Waals surface area contributed by atoms with E-state index in [1.54, 1.807) is 23.5 Å². The van der Waals surface area contributed by atoms with Crippen LogP contribution in [0.5, 0.6) is 0 Å². The van der Waals surface area contributed by atoms with Crippen LogP contribution in [0, 0.1) is 12.7 Å². The van der Waals surface area contributed by atoms with E-state index in [0.717, 1.165) is 16.6 Å². The molecule has 0 radical (unpaired) electrons. The lowest BCUT2D eigenvalue weighted by atomic mass is 10.2. The normalized spacial score (nSPS) is 11.4. The van der Waals surface area contributed by atoms with Gasteiger partial charge in [0.25, 0.3) is 5.56 Å². The SMILES string of the molecule is Cc1cc(=O)n2c3ccccc3n(Cc3ccc(F)cc3)c2n1. The highest BCUT2D eigenvalue weighted by atomic mass is 19.1. The van der Waals surface area contributed by atoms with Crippen molar-refractivity contribution in [2.75, 3.05) is 0 Å². The number of aromatic nitrogens is 3. The van der Waals surface area contributed by atoms with Crippen LogP contribution in [0.2, 0.25) is 0 Å². The zero-order chi connectivity index (χ0) is 16.0. The topological polar surface area (TPSA) is 39.3 Å². The standard InChI is InChI=1S/C18H14FN3O/c1-12-10-17(23)22-16-5-3-2-4-15(16)21(18(22)20-12)11-13-6-8-14(19)9-7-13/h2-10H,11H2,1H3. The van der Waals surface area contributed by atoms with E-state index in [0.29, 0.717) is 18.0 Å². The third kappa shape index (κ3) is 2.21. The summed E-state index contributed by atoms with van der Waals surface area (Å²) < 4.78 is 16.7. The summed E-state index contributed by atoms with van der Waals surface area (Å²) in [6.07, 6.45) is 0. The van der Waals surface area contributed by atoms with Crippen molar-refractivity contribution in [1.82, 2.24) is 14.0 Å². The number of hydrogen-bond donors (Lipinski definition) is 0. The van der Waals surface area contributed by atoms with Gasteiger partial charge in [-0.3, -0.25) is 4.79 Å². The molecular formula is C18H14FN3O. The van der Waals surface area contributed by atoms with Crippen molar-refractivity contribution in [1.29, 1.82) is 0 Å². The van der Waals surface area contributed by atoms with Crippen LogP contribution >= 0.6 is 0 Å². The number of para-hydroxylation sites is 2. The lowest BCUT2D eigenvalue weighted by Crippen LogP contribution is -2.14. The van der Waals surface area contributed by atoms with E-state index in [1.807, 2.05) is 28.8 Å². The summed E-state index contributed by atoms with van der Waals surface area (Å²) in [6, 6.07) is 15.6. The molecule has 114 valence electrons.